The van der Waals surface area contributed by atoms with Crippen LogP contribution >= 0.6 is 11.3 Å². The van der Waals surface area contributed by atoms with Gasteiger partial charge in [0.05, 0.1) is 40.0 Å². The van der Waals surface area contributed by atoms with Gasteiger partial charge < -0.3 is 24.8 Å². The van der Waals surface area contributed by atoms with E-state index in [0.717, 1.165) is 60.8 Å². The smallest absolute Gasteiger partial charge is 0.191 e. The second-order valence-corrected chi connectivity index (χ2v) is 8.36. The van der Waals surface area contributed by atoms with Crippen molar-refractivity contribution in [3.63, 3.8) is 0 Å². The second kappa shape index (κ2) is 11.9. The van der Waals surface area contributed by atoms with E-state index in [-0.39, 0.29) is 6.04 Å². The molecule has 2 aromatic rings. The van der Waals surface area contributed by atoms with Gasteiger partial charge >= 0.3 is 0 Å². The lowest BCUT2D eigenvalue weighted by atomic mass is 10.0. The number of morpholine rings is 1. The third-order valence-corrected chi connectivity index (χ3v) is 6.46. The minimum atomic E-state index is 0.147. The van der Waals surface area contributed by atoms with Crippen molar-refractivity contribution in [1.82, 2.24) is 20.5 Å². The largest absolute Gasteiger partial charge is 0.493 e. The zero-order valence-corrected chi connectivity index (χ0v) is 19.6. The van der Waals surface area contributed by atoms with Crippen LogP contribution in [0.1, 0.15) is 28.4 Å². The highest BCUT2D eigenvalue weighted by atomic mass is 32.1. The number of methoxy groups -OCH3 is 2. The first-order chi connectivity index (χ1) is 15.2. The maximum absolute atomic E-state index is 5.56. The van der Waals surface area contributed by atoms with Gasteiger partial charge in [-0.2, -0.15) is 0 Å². The van der Waals surface area contributed by atoms with Crippen LogP contribution in [0.25, 0.3) is 0 Å². The number of thiazole rings is 1. The summed E-state index contributed by atoms with van der Waals surface area (Å²) in [7, 11) is 5.10. The van der Waals surface area contributed by atoms with Gasteiger partial charge in [-0.15, -0.1) is 11.3 Å². The Labute approximate surface area is 188 Å². The van der Waals surface area contributed by atoms with E-state index in [1.807, 2.05) is 12.3 Å². The Balaban J connectivity index is 1.69. The fourth-order valence-corrected chi connectivity index (χ4v) is 4.38. The highest BCUT2D eigenvalue weighted by molar-refractivity contribution is 7.11. The Morgan fingerprint density at radius 3 is 2.65 bits per heavy atom. The van der Waals surface area contributed by atoms with Crippen molar-refractivity contribution < 1.29 is 14.2 Å². The predicted molar refractivity (Wildman–Crippen MR) is 124 cm³/mol. The molecule has 1 fully saturated rings. The third kappa shape index (κ3) is 6.32. The summed E-state index contributed by atoms with van der Waals surface area (Å²) in [5, 5.41) is 7.92. The molecular formula is C22H33N5O3S. The highest BCUT2D eigenvalue weighted by Crippen LogP contribution is 2.32. The molecule has 1 unspecified atom stereocenters. The molecule has 1 aromatic heterocycles. The molecule has 1 aliphatic heterocycles. The zero-order valence-electron chi connectivity index (χ0n) is 18.8. The predicted octanol–water partition coefficient (Wildman–Crippen LogP) is 2.46. The van der Waals surface area contributed by atoms with Gasteiger partial charge in [-0.05, 0) is 24.1 Å². The molecule has 1 aliphatic rings. The number of hydrogen-bond acceptors (Lipinski definition) is 7. The molecule has 0 bridgehead atoms. The van der Waals surface area contributed by atoms with Crippen molar-refractivity contribution in [2.24, 2.45) is 4.99 Å². The Hall–Kier alpha value is -2.36. The molecule has 8 nitrogen and oxygen atoms in total. The van der Waals surface area contributed by atoms with Crippen LogP contribution in [0.3, 0.4) is 0 Å². The number of hydrogen-bond donors (Lipinski definition) is 2. The quantitative estimate of drug-likeness (QED) is 0.451. The molecule has 1 atom stereocenters. The molecule has 0 saturated carbocycles. The molecular weight excluding hydrogens is 414 g/mol. The SMILES string of the molecule is CCc1cnc(CNC(=NC)NCC(c2ccc(OC)c(OC)c2)N2CCOCC2)s1. The van der Waals surface area contributed by atoms with E-state index in [9.17, 15) is 0 Å². The lowest BCUT2D eigenvalue weighted by molar-refractivity contribution is 0.0169. The van der Waals surface area contributed by atoms with Crippen molar-refractivity contribution >= 4 is 17.3 Å². The molecule has 0 radical (unpaired) electrons. The number of nitrogens with zero attached hydrogens (tertiary/aromatic N) is 3. The first kappa shape index (κ1) is 23.3. The molecule has 0 aliphatic carbocycles. The Kier molecular flexibility index (Phi) is 8.93. The first-order valence-corrected chi connectivity index (χ1v) is 11.4. The van der Waals surface area contributed by atoms with Crippen LogP contribution < -0.4 is 20.1 Å². The number of aryl methyl sites for hydroxylation is 1. The minimum absolute atomic E-state index is 0.147. The van der Waals surface area contributed by atoms with E-state index in [1.54, 1.807) is 32.6 Å². The minimum Gasteiger partial charge on any atom is -0.493 e. The molecule has 9 heteroatoms. The van der Waals surface area contributed by atoms with Gasteiger partial charge in [0.15, 0.2) is 17.5 Å². The number of nitrogens with one attached hydrogen (secondary N) is 2. The van der Waals surface area contributed by atoms with Crippen molar-refractivity contribution in [3.8, 4) is 11.5 Å². The van der Waals surface area contributed by atoms with E-state index in [2.05, 4.69) is 44.6 Å². The van der Waals surface area contributed by atoms with Crippen LogP contribution in [-0.4, -0.2) is 70.0 Å². The van der Waals surface area contributed by atoms with Crippen molar-refractivity contribution in [3.05, 3.63) is 39.8 Å². The van der Waals surface area contributed by atoms with Crippen LogP contribution in [-0.2, 0) is 17.7 Å². The summed E-state index contributed by atoms with van der Waals surface area (Å²) in [6.45, 7) is 6.74. The summed E-state index contributed by atoms with van der Waals surface area (Å²) >= 11 is 1.73. The van der Waals surface area contributed by atoms with Gasteiger partial charge in [-0.25, -0.2) is 4.98 Å². The number of aliphatic imine (C=N–C) groups is 1. The highest BCUT2D eigenvalue weighted by Gasteiger charge is 2.24. The summed E-state index contributed by atoms with van der Waals surface area (Å²) in [6, 6.07) is 6.26. The third-order valence-electron chi connectivity index (χ3n) is 5.32. The molecule has 2 heterocycles. The van der Waals surface area contributed by atoms with E-state index in [4.69, 9.17) is 14.2 Å². The average Bonchev–Trinajstić information content (AvgIpc) is 3.29. The molecule has 170 valence electrons. The maximum Gasteiger partial charge on any atom is 0.191 e. The number of aromatic nitrogens is 1. The van der Waals surface area contributed by atoms with Crippen molar-refractivity contribution in [2.45, 2.75) is 25.9 Å². The fraction of sp³-hybridized carbons (Fsp3) is 0.545. The summed E-state index contributed by atoms with van der Waals surface area (Å²) in [6.07, 6.45) is 2.96. The molecule has 1 aromatic carbocycles. The monoisotopic (exact) mass is 447 g/mol. The number of benzene rings is 1. The lowest BCUT2D eigenvalue weighted by Gasteiger charge is -2.35. The summed E-state index contributed by atoms with van der Waals surface area (Å²) < 4.78 is 16.5. The van der Waals surface area contributed by atoms with Crippen LogP contribution in [0.2, 0.25) is 0 Å². The van der Waals surface area contributed by atoms with E-state index >= 15 is 0 Å². The van der Waals surface area contributed by atoms with Gasteiger partial charge in [0.1, 0.15) is 5.01 Å². The van der Waals surface area contributed by atoms with E-state index in [0.29, 0.717) is 13.1 Å². The molecule has 0 spiro atoms. The van der Waals surface area contributed by atoms with Crippen LogP contribution in [0.15, 0.2) is 29.4 Å². The Bertz CT molecular complexity index is 851. The fourth-order valence-electron chi connectivity index (χ4n) is 3.57. The standard InChI is InChI=1S/C22H33N5O3S/c1-5-17-13-24-21(31-17)15-26-22(23-2)25-14-18(27-8-10-30-11-9-27)16-6-7-19(28-3)20(12-16)29-4/h6-7,12-13,18H,5,8-11,14-15H2,1-4H3,(H2,23,25,26). The van der Waals surface area contributed by atoms with E-state index in [1.165, 1.54) is 4.88 Å². The van der Waals surface area contributed by atoms with Gasteiger partial charge in [0.25, 0.3) is 0 Å². The average molecular weight is 448 g/mol. The van der Waals surface area contributed by atoms with Crippen LogP contribution in [0, 0.1) is 0 Å². The molecule has 1 saturated heterocycles. The van der Waals surface area contributed by atoms with Gasteiger partial charge in [-0.3, -0.25) is 9.89 Å². The van der Waals surface area contributed by atoms with Gasteiger partial charge in [-0.1, -0.05) is 13.0 Å². The maximum atomic E-state index is 5.56. The second-order valence-electron chi connectivity index (χ2n) is 7.16. The van der Waals surface area contributed by atoms with E-state index < -0.39 is 0 Å². The number of guanidine groups is 1. The molecule has 3 rings (SSSR count). The topological polar surface area (TPSA) is 80.2 Å². The molecule has 2 N–H and O–H groups in total. The molecule has 0 amide bonds. The van der Waals surface area contributed by atoms with Crippen molar-refractivity contribution in [1.29, 1.82) is 0 Å². The zero-order chi connectivity index (χ0) is 22.1. The first-order valence-electron chi connectivity index (χ1n) is 10.6. The number of ether oxygens (including phenoxy) is 3. The van der Waals surface area contributed by atoms with Crippen molar-refractivity contribution in [2.75, 3.05) is 54.1 Å². The van der Waals surface area contributed by atoms with Gasteiger partial charge in [0, 0.05) is 37.8 Å². The Morgan fingerprint density at radius 2 is 2.00 bits per heavy atom. The summed E-state index contributed by atoms with van der Waals surface area (Å²) in [4.78, 5) is 12.6. The summed E-state index contributed by atoms with van der Waals surface area (Å²) in [5.74, 6) is 2.22. The summed E-state index contributed by atoms with van der Waals surface area (Å²) in [5.41, 5.74) is 1.16. The lowest BCUT2D eigenvalue weighted by Crippen LogP contribution is -2.46. The van der Waals surface area contributed by atoms with Crippen LogP contribution in [0.4, 0.5) is 0 Å². The normalized spacial score (nSPS) is 16.1. The number of rotatable bonds is 9. The van der Waals surface area contributed by atoms with Gasteiger partial charge in [0.2, 0.25) is 0 Å². The van der Waals surface area contributed by atoms with Crippen LogP contribution in [0.5, 0.6) is 11.5 Å². The Morgan fingerprint density at radius 1 is 1.23 bits per heavy atom. The molecule has 31 heavy (non-hydrogen) atoms.